The van der Waals surface area contributed by atoms with E-state index in [-0.39, 0.29) is 11.8 Å². The SMILES string of the molecule is CC(=O)N(CCNC(=O)c1ccc(Cl)cc1)C1CCCCCC1. The Morgan fingerprint density at radius 1 is 1.13 bits per heavy atom. The summed E-state index contributed by atoms with van der Waals surface area (Å²) >= 11 is 5.82. The van der Waals surface area contributed by atoms with Crippen molar-refractivity contribution in [1.82, 2.24) is 10.2 Å². The predicted molar refractivity (Wildman–Crippen MR) is 92.7 cm³/mol. The van der Waals surface area contributed by atoms with E-state index in [1.807, 2.05) is 4.90 Å². The molecule has 5 heteroatoms. The highest BCUT2D eigenvalue weighted by Gasteiger charge is 2.22. The van der Waals surface area contributed by atoms with Gasteiger partial charge in [-0.15, -0.1) is 0 Å². The molecular formula is C18H25ClN2O2. The lowest BCUT2D eigenvalue weighted by Crippen LogP contribution is -2.43. The summed E-state index contributed by atoms with van der Waals surface area (Å²) in [6, 6.07) is 7.12. The summed E-state index contributed by atoms with van der Waals surface area (Å²) in [7, 11) is 0. The first-order valence-corrected chi connectivity index (χ1v) is 8.76. The largest absolute Gasteiger partial charge is 0.350 e. The van der Waals surface area contributed by atoms with E-state index in [0.29, 0.717) is 29.7 Å². The summed E-state index contributed by atoms with van der Waals surface area (Å²) in [4.78, 5) is 25.9. The molecule has 1 fully saturated rings. The first-order valence-electron chi connectivity index (χ1n) is 8.39. The predicted octanol–water partition coefficient (Wildman–Crippen LogP) is 3.64. The number of hydrogen-bond acceptors (Lipinski definition) is 2. The standard InChI is InChI=1S/C18H25ClN2O2/c1-14(22)21(17-6-4-2-3-5-7-17)13-12-20-18(23)15-8-10-16(19)11-9-15/h8-11,17H,2-7,12-13H2,1H3,(H,20,23). The molecule has 1 aliphatic rings. The molecule has 1 aromatic rings. The maximum Gasteiger partial charge on any atom is 0.251 e. The highest BCUT2D eigenvalue weighted by atomic mass is 35.5. The molecule has 2 amide bonds. The Morgan fingerprint density at radius 3 is 2.30 bits per heavy atom. The van der Waals surface area contributed by atoms with E-state index in [4.69, 9.17) is 11.6 Å². The second-order valence-electron chi connectivity index (χ2n) is 6.12. The molecule has 0 radical (unpaired) electrons. The normalized spacial score (nSPS) is 15.7. The quantitative estimate of drug-likeness (QED) is 0.834. The van der Waals surface area contributed by atoms with Crippen LogP contribution < -0.4 is 5.32 Å². The Morgan fingerprint density at radius 2 is 1.74 bits per heavy atom. The zero-order chi connectivity index (χ0) is 16.7. The van der Waals surface area contributed by atoms with Crippen LogP contribution in [0.3, 0.4) is 0 Å². The van der Waals surface area contributed by atoms with Crippen molar-refractivity contribution in [2.24, 2.45) is 0 Å². The summed E-state index contributed by atoms with van der Waals surface area (Å²) in [5, 5.41) is 3.49. The van der Waals surface area contributed by atoms with Crippen LogP contribution in [0.5, 0.6) is 0 Å². The Kier molecular flexibility index (Phi) is 6.90. The van der Waals surface area contributed by atoms with Crippen molar-refractivity contribution in [3.63, 3.8) is 0 Å². The zero-order valence-electron chi connectivity index (χ0n) is 13.7. The molecule has 0 unspecified atom stereocenters. The Hall–Kier alpha value is -1.55. The van der Waals surface area contributed by atoms with E-state index in [9.17, 15) is 9.59 Å². The highest BCUT2D eigenvalue weighted by Crippen LogP contribution is 2.21. The third-order valence-corrected chi connectivity index (χ3v) is 4.67. The molecule has 0 bridgehead atoms. The minimum atomic E-state index is -0.133. The number of nitrogens with zero attached hydrogens (tertiary/aromatic N) is 1. The van der Waals surface area contributed by atoms with Gasteiger partial charge in [0.1, 0.15) is 0 Å². The zero-order valence-corrected chi connectivity index (χ0v) is 14.4. The smallest absolute Gasteiger partial charge is 0.251 e. The van der Waals surface area contributed by atoms with Crippen LogP contribution in [0.15, 0.2) is 24.3 Å². The van der Waals surface area contributed by atoms with Crippen molar-refractivity contribution in [2.75, 3.05) is 13.1 Å². The molecule has 0 spiro atoms. The van der Waals surface area contributed by atoms with Crippen molar-refractivity contribution in [2.45, 2.75) is 51.5 Å². The molecule has 1 aromatic carbocycles. The van der Waals surface area contributed by atoms with Gasteiger partial charge in [-0.1, -0.05) is 37.3 Å². The maximum absolute atomic E-state index is 12.1. The number of benzene rings is 1. The molecule has 1 saturated carbocycles. The molecule has 2 rings (SSSR count). The molecule has 4 nitrogen and oxygen atoms in total. The van der Waals surface area contributed by atoms with Gasteiger partial charge in [0.25, 0.3) is 5.91 Å². The highest BCUT2D eigenvalue weighted by molar-refractivity contribution is 6.30. The molecule has 126 valence electrons. The lowest BCUT2D eigenvalue weighted by molar-refractivity contribution is -0.131. The molecule has 1 aliphatic carbocycles. The number of amides is 2. The lowest BCUT2D eigenvalue weighted by Gasteiger charge is -2.30. The summed E-state index contributed by atoms with van der Waals surface area (Å²) < 4.78 is 0. The van der Waals surface area contributed by atoms with Gasteiger partial charge in [0, 0.05) is 36.6 Å². The van der Waals surface area contributed by atoms with E-state index in [1.165, 1.54) is 25.7 Å². The van der Waals surface area contributed by atoms with Gasteiger partial charge in [0.05, 0.1) is 0 Å². The van der Waals surface area contributed by atoms with Crippen molar-refractivity contribution >= 4 is 23.4 Å². The average Bonchev–Trinajstić information content (AvgIpc) is 2.80. The van der Waals surface area contributed by atoms with Gasteiger partial charge in [-0.05, 0) is 37.1 Å². The van der Waals surface area contributed by atoms with Crippen molar-refractivity contribution in [3.8, 4) is 0 Å². The van der Waals surface area contributed by atoms with Gasteiger partial charge in [-0.2, -0.15) is 0 Å². The molecule has 0 saturated heterocycles. The van der Waals surface area contributed by atoms with E-state index >= 15 is 0 Å². The van der Waals surface area contributed by atoms with Crippen LogP contribution in [0.25, 0.3) is 0 Å². The second-order valence-corrected chi connectivity index (χ2v) is 6.56. The molecule has 0 heterocycles. The van der Waals surface area contributed by atoms with Crippen LogP contribution >= 0.6 is 11.6 Å². The molecule has 1 N–H and O–H groups in total. The van der Waals surface area contributed by atoms with Crippen LogP contribution in [0.4, 0.5) is 0 Å². The average molecular weight is 337 g/mol. The fourth-order valence-electron chi connectivity index (χ4n) is 3.16. The first kappa shape index (κ1) is 17.8. The summed E-state index contributed by atoms with van der Waals surface area (Å²) in [5.41, 5.74) is 0.582. The third kappa shape index (κ3) is 5.54. The van der Waals surface area contributed by atoms with Crippen molar-refractivity contribution in [3.05, 3.63) is 34.9 Å². The first-order chi connectivity index (χ1) is 11.1. The third-order valence-electron chi connectivity index (χ3n) is 4.41. The minimum absolute atomic E-state index is 0.0950. The Labute approximate surface area is 143 Å². The lowest BCUT2D eigenvalue weighted by atomic mass is 10.1. The van der Waals surface area contributed by atoms with Gasteiger partial charge in [-0.3, -0.25) is 9.59 Å². The number of nitrogens with one attached hydrogen (secondary N) is 1. The Bertz CT molecular complexity index is 522. The van der Waals surface area contributed by atoms with Crippen molar-refractivity contribution in [1.29, 1.82) is 0 Å². The molecule has 23 heavy (non-hydrogen) atoms. The van der Waals surface area contributed by atoms with Gasteiger partial charge >= 0.3 is 0 Å². The van der Waals surface area contributed by atoms with Gasteiger partial charge in [0.2, 0.25) is 5.91 Å². The number of carbonyl (C=O) groups is 2. The summed E-state index contributed by atoms with van der Waals surface area (Å²) in [6.45, 7) is 2.66. The summed E-state index contributed by atoms with van der Waals surface area (Å²) in [6.07, 6.45) is 7.04. The van der Waals surface area contributed by atoms with Crippen LogP contribution in [0, 0.1) is 0 Å². The molecule has 0 aromatic heterocycles. The fourth-order valence-corrected chi connectivity index (χ4v) is 3.29. The topological polar surface area (TPSA) is 49.4 Å². The maximum atomic E-state index is 12.1. The fraction of sp³-hybridized carbons (Fsp3) is 0.556. The van der Waals surface area contributed by atoms with Crippen molar-refractivity contribution < 1.29 is 9.59 Å². The van der Waals surface area contributed by atoms with Crippen LogP contribution in [-0.4, -0.2) is 35.8 Å². The second kappa shape index (κ2) is 8.92. The van der Waals surface area contributed by atoms with Gasteiger partial charge < -0.3 is 10.2 Å². The number of carbonyl (C=O) groups excluding carboxylic acids is 2. The molecular weight excluding hydrogens is 312 g/mol. The Balaban J connectivity index is 1.85. The number of halogens is 1. The number of hydrogen-bond donors (Lipinski definition) is 1. The minimum Gasteiger partial charge on any atom is -0.350 e. The van der Waals surface area contributed by atoms with E-state index in [1.54, 1.807) is 31.2 Å². The van der Waals surface area contributed by atoms with E-state index in [0.717, 1.165) is 12.8 Å². The monoisotopic (exact) mass is 336 g/mol. The molecule has 0 atom stereocenters. The van der Waals surface area contributed by atoms with Crippen LogP contribution in [0.1, 0.15) is 55.8 Å². The summed E-state index contributed by atoms with van der Waals surface area (Å²) in [5.74, 6) is -0.0383. The van der Waals surface area contributed by atoms with E-state index in [2.05, 4.69) is 5.32 Å². The van der Waals surface area contributed by atoms with Gasteiger partial charge in [-0.25, -0.2) is 0 Å². The van der Waals surface area contributed by atoms with Crippen LogP contribution in [-0.2, 0) is 4.79 Å². The van der Waals surface area contributed by atoms with Gasteiger partial charge in [0.15, 0.2) is 0 Å². The van der Waals surface area contributed by atoms with E-state index < -0.39 is 0 Å². The molecule has 0 aliphatic heterocycles. The number of rotatable bonds is 5. The van der Waals surface area contributed by atoms with Crippen LogP contribution in [0.2, 0.25) is 5.02 Å².